The predicted molar refractivity (Wildman–Crippen MR) is 59.4 cm³/mol. The number of carbonyl (C=O) groups is 1. The Morgan fingerprint density at radius 1 is 1.67 bits per heavy atom. The Labute approximate surface area is 92.7 Å². The Bertz CT molecular complexity index is 371. The summed E-state index contributed by atoms with van der Waals surface area (Å²) in [5.41, 5.74) is 0.741. The number of aromatic nitrogens is 1. The fourth-order valence-electron chi connectivity index (χ4n) is 1.31. The molecule has 0 spiro atoms. The third-order valence-electron chi connectivity index (χ3n) is 2.41. The van der Waals surface area contributed by atoms with Gasteiger partial charge in [-0.2, -0.15) is 0 Å². The van der Waals surface area contributed by atoms with Crippen molar-refractivity contribution in [2.45, 2.75) is 19.8 Å². The minimum absolute atomic E-state index is 0.301. The highest BCUT2D eigenvalue weighted by molar-refractivity contribution is 7.17. The van der Waals surface area contributed by atoms with Crippen LogP contribution in [0.2, 0.25) is 0 Å². The number of hydrogen-bond acceptors (Lipinski definition) is 5. The highest BCUT2D eigenvalue weighted by atomic mass is 32.1. The summed E-state index contributed by atoms with van der Waals surface area (Å²) < 4.78 is 4.67. The third-order valence-corrected chi connectivity index (χ3v) is 3.50. The molecule has 4 nitrogen and oxygen atoms in total. The zero-order valence-corrected chi connectivity index (χ0v) is 9.69. The number of anilines is 1. The van der Waals surface area contributed by atoms with Gasteiger partial charge < -0.3 is 10.1 Å². The lowest BCUT2D eigenvalue weighted by Gasteiger charge is -1.98. The molecule has 1 aromatic rings. The van der Waals surface area contributed by atoms with Crippen molar-refractivity contribution >= 4 is 22.4 Å². The van der Waals surface area contributed by atoms with Gasteiger partial charge >= 0.3 is 5.97 Å². The lowest BCUT2D eigenvalue weighted by Crippen LogP contribution is -2.02. The van der Waals surface area contributed by atoms with Crippen LogP contribution in [0.25, 0.3) is 0 Å². The highest BCUT2D eigenvalue weighted by Gasteiger charge is 2.22. The van der Waals surface area contributed by atoms with Gasteiger partial charge in [-0.3, -0.25) is 0 Å². The maximum Gasteiger partial charge on any atom is 0.350 e. The zero-order valence-electron chi connectivity index (χ0n) is 8.87. The van der Waals surface area contributed by atoms with E-state index in [1.54, 1.807) is 0 Å². The average Bonchev–Trinajstić information content (AvgIpc) is 2.98. The van der Waals surface area contributed by atoms with E-state index in [9.17, 15) is 4.79 Å². The lowest BCUT2D eigenvalue weighted by atomic mass is 10.4. The van der Waals surface area contributed by atoms with Crippen LogP contribution in [0, 0.1) is 12.8 Å². The van der Waals surface area contributed by atoms with Gasteiger partial charge in [0.1, 0.15) is 4.88 Å². The molecule has 0 radical (unpaired) electrons. The van der Waals surface area contributed by atoms with Crippen molar-refractivity contribution in [1.82, 2.24) is 4.98 Å². The maximum atomic E-state index is 11.3. The van der Waals surface area contributed by atoms with Crippen LogP contribution >= 0.6 is 11.3 Å². The molecule has 15 heavy (non-hydrogen) atoms. The van der Waals surface area contributed by atoms with Crippen LogP contribution in [-0.4, -0.2) is 24.6 Å². The van der Waals surface area contributed by atoms with E-state index >= 15 is 0 Å². The van der Waals surface area contributed by atoms with Crippen molar-refractivity contribution < 1.29 is 9.53 Å². The summed E-state index contributed by atoms with van der Waals surface area (Å²) in [6, 6.07) is 0. The summed E-state index contributed by atoms with van der Waals surface area (Å²) in [5, 5.41) is 4.07. The van der Waals surface area contributed by atoms with Crippen LogP contribution in [0.3, 0.4) is 0 Å². The van der Waals surface area contributed by atoms with Crippen LogP contribution in [0.5, 0.6) is 0 Å². The predicted octanol–water partition coefficient (Wildman–Crippen LogP) is 2.06. The second kappa shape index (κ2) is 4.18. The number of aryl methyl sites for hydroxylation is 1. The molecule has 1 fully saturated rings. The number of methoxy groups -OCH3 is 1. The molecule has 82 valence electrons. The molecule has 1 N–H and O–H groups in total. The number of nitrogens with zero attached hydrogens (tertiary/aromatic N) is 1. The number of thiazole rings is 1. The van der Waals surface area contributed by atoms with Crippen molar-refractivity contribution in [2.75, 3.05) is 19.0 Å². The molecule has 0 bridgehead atoms. The first-order valence-corrected chi connectivity index (χ1v) is 5.82. The number of ether oxygens (including phenoxy) is 1. The van der Waals surface area contributed by atoms with E-state index < -0.39 is 0 Å². The number of esters is 1. The summed E-state index contributed by atoms with van der Waals surface area (Å²) in [4.78, 5) is 16.2. The van der Waals surface area contributed by atoms with Gasteiger partial charge in [-0.1, -0.05) is 11.3 Å². The molecule has 1 heterocycles. The van der Waals surface area contributed by atoms with E-state index in [1.165, 1.54) is 31.3 Å². The van der Waals surface area contributed by atoms with Crippen LogP contribution < -0.4 is 5.32 Å². The molecule has 2 rings (SSSR count). The van der Waals surface area contributed by atoms with Crippen LogP contribution in [-0.2, 0) is 4.74 Å². The van der Waals surface area contributed by atoms with Gasteiger partial charge in [0.2, 0.25) is 0 Å². The van der Waals surface area contributed by atoms with E-state index in [0.29, 0.717) is 4.88 Å². The molecule has 5 heteroatoms. The molecule has 1 aliphatic carbocycles. The minimum atomic E-state index is -0.301. The number of hydrogen-bond donors (Lipinski definition) is 1. The van der Waals surface area contributed by atoms with E-state index in [-0.39, 0.29) is 5.97 Å². The van der Waals surface area contributed by atoms with Crippen molar-refractivity contribution in [3.05, 3.63) is 10.6 Å². The first-order valence-electron chi connectivity index (χ1n) is 5.00. The van der Waals surface area contributed by atoms with Crippen molar-refractivity contribution in [3.63, 3.8) is 0 Å². The fourth-order valence-corrected chi connectivity index (χ4v) is 2.20. The summed E-state index contributed by atoms with van der Waals surface area (Å²) in [5.74, 6) is 0.500. The van der Waals surface area contributed by atoms with E-state index in [4.69, 9.17) is 0 Å². The van der Waals surface area contributed by atoms with Crippen molar-refractivity contribution in [1.29, 1.82) is 0 Å². The Balaban J connectivity index is 2.02. The van der Waals surface area contributed by atoms with Gasteiger partial charge in [-0.25, -0.2) is 9.78 Å². The van der Waals surface area contributed by atoms with E-state index in [1.807, 2.05) is 6.92 Å². The summed E-state index contributed by atoms with van der Waals surface area (Å²) >= 11 is 1.37. The molecular formula is C10H14N2O2S. The average molecular weight is 226 g/mol. The Morgan fingerprint density at radius 2 is 2.40 bits per heavy atom. The van der Waals surface area contributed by atoms with Crippen LogP contribution in [0.1, 0.15) is 28.2 Å². The lowest BCUT2D eigenvalue weighted by molar-refractivity contribution is 0.0605. The molecule has 0 unspecified atom stereocenters. The Morgan fingerprint density at radius 3 is 3.00 bits per heavy atom. The fraction of sp³-hybridized carbons (Fsp3) is 0.600. The Kier molecular flexibility index (Phi) is 2.90. The molecule has 1 saturated carbocycles. The van der Waals surface area contributed by atoms with Gasteiger partial charge in [0.25, 0.3) is 0 Å². The molecule has 0 saturated heterocycles. The summed E-state index contributed by atoms with van der Waals surface area (Å²) in [6.07, 6.45) is 2.61. The van der Waals surface area contributed by atoms with Gasteiger partial charge in [0.05, 0.1) is 12.8 Å². The third kappa shape index (κ3) is 2.47. The minimum Gasteiger partial charge on any atom is -0.465 e. The molecule has 1 aromatic heterocycles. The number of nitrogens with one attached hydrogen (secondary N) is 1. The first-order chi connectivity index (χ1) is 7.20. The Hall–Kier alpha value is -1.10. The van der Waals surface area contributed by atoms with Crippen molar-refractivity contribution in [3.8, 4) is 0 Å². The van der Waals surface area contributed by atoms with Gasteiger partial charge in [0.15, 0.2) is 5.13 Å². The SMILES string of the molecule is COC(=O)c1sc(NCC2CC2)nc1C. The molecule has 1 aliphatic rings. The van der Waals surface area contributed by atoms with E-state index in [0.717, 1.165) is 23.3 Å². The maximum absolute atomic E-state index is 11.3. The smallest absolute Gasteiger partial charge is 0.350 e. The topological polar surface area (TPSA) is 51.2 Å². The summed E-state index contributed by atoms with van der Waals surface area (Å²) in [6.45, 7) is 2.79. The monoisotopic (exact) mass is 226 g/mol. The molecule has 0 amide bonds. The number of rotatable bonds is 4. The highest BCUT2D eigenvalue weighted by Crippen LogP contribution is 2.30. The standard InChI is InChI=1S/C10H14N2O2S/c1-6-8(9(13)14-2)15-10(12-6)11-5-7-3-4-7/h7H,3-5H2,1-2H3,(H,11,12). The zero-order chi connectivity index (χ0) is 10.8. The molecule has 0 aromatic carbocycles. The molecule has 0 atom stereocenters. The largest absolute Gasteiger partial charge is 0.465 e. The van der Waals surface area contributed by atoms with Gasteiger partial charge in [0, 0.05) is 6.54 Å². The molecule has 0 aliphatic heterocycles. The normalized spacial score (nSPS) is 15.1. The first kappa shape index (κ1) is 10.4. The van der Waals surface area contributed by atoms with Crippen LogP contribution in [0.15, 0.2) is 0 Å². The second-order valence-corrected chi connectivity index (χ2v) is 4.75. The van der Waals surface area contributed by atoms with E-state index in [2.05, 4.69) is 15.0 Å². The summed E-state index contributed by atoms with van der Waals surface area (Å²) in [7, 11) is 1.39. The molecular weight excluding hydrogens is 212 g/mol. The second-order valence-electron chi connectivity index (χ2n) is 3.75. The van der Waals surface area contributed by atoms with Crippen molar-refractivity contribution in [2.24, 2.45) is 5.92 Å². The number of carbonyl (C=O) groups excluding carboxylic acids is 1. The van der Waals surface area contributed by atoms with Gasteiger partial charge in [-0.15, -0.1) is 0 Å². The van der Waals surface area contributed by atoms with Gasteiger partial charge in [-0.05, 0) is 25.7 Å². The van der Waals surface area contributed by atoms with Crippen LogP contribution in [0.4, 0.5) is 5.13 Å². The quantitative estimate of drug-likeness (QED) is 0.798.